The molecule has 27 heavy (non-hydrogen) atoms. The monoisotopic (exact) mass is 363 g/mol. The molecule has 1 aromatic heterocycles. The van der Waals surface area contributed by atoms with Crippen LogP contribution < -0.4 is 15.0 Å². The molecular formula is C20H17N3O4. The number of ether oxygens (including phenoxy) is 1. The Labute approximate surface area is 154 Å². The fraction of sp³-hybridized carbons (Fsp3) is 0.150. The number of hydrogen-bond donors (Lipinski definition) is 2. The topological polar surface area (TPSA) is 91.5 Å². The number of nitrogens with zero attached hydrogens (tertiary/aromatic N) is 1. The number of carbonyl (C=O) groups is 3. The van der Waals surface area contributed by atoms with E-state index < -0.39 is 12.0 Å². The van der Waals surface area contributed by atoms with Crippen LogP contribution in [0.5, 0.6) is 5.75 Å². The summed E-state index contributed by atoms with van der Waals surface area (Å²) in [6.45, 7) is 1.31. The van der Waals surface area contributed by atoms with Gasteiger partial charge in [0.05, 0.1) is 12.1 Å². The lowest BCUT2D eigenvalue weighted by atomic mass is 10.2. The Kier molecular flexibility index (Phi) is 4.12. The maximum atomic E-state index is 12.7. The van der Waals surface area contributed by atoms with Crippen molar-refractivity contribution in [2.75, 3.05) is 10.2 Å². The van der Waals surface area contributed by atoms with E-state index in [0.29, 0.717) is 11.4 Å². The van der Waals surface area contributed by atoms with Crippen molar-refractivity contribution in [2.45, 2.75) is 19.4 Å². The molecule has 1 aliphatic heterocycles. The zero-order valence-corrected chi connectivity index (χ0v) is 14.6. The van der Waals surface area contributed by atoms with Gasteiger partial charge in [-0.1, -0.05) is 6.07 Å². The maximum absolute atomic E-state index is 12.7. The number of benzene rings is 2. The second-order valence-electron chi connectivity index (χ2n) is 6.34. The van der Waals surface area contributed by atoms with Gasteiger partial charge in [-0.15, -0.1) is 0 Å². The van der Waals surface area contributed by atoms with Gasteiger partial charge in [0.1, 0.15) is 11.8 Å². The molecule has 0 aliphatic carbocycles. The third kappa shape index (κ3) is 3.27. The van der Waals surface area contributed by atoms with E-state index in [1.165, 1.54) is 6.92 Å². The minimum atomic E-state index is -0.627. The van der Waals surface area contributed by atoms with Crippen LogP contribution in [0, 0.1) is 0 Å². The molecule has 4 rings (SSSR count). The van der Waals surface area contributed by atoms with Gasteiger partial charge in [0.15, 0.2) is 0 Å². The number of aromatic amines is 1. The molecule has 1 saturated heterocycles. The third-order valence-electron chi connectivity index (χ3n) is 4.40. The standard InChI is InChI=1S/C20H17N3O4/c1-12(24)27-16-6-4-15(5-7-16)23-19(25)11-18(20(23)26)22-14-3-2-13-8-9-21-17(13)10-14/h2-10,18,21-22H,11H2,1H3/t18-/m0/s1. The Morgan fingerprint density at radius 3 is 2.67 bits per heavy atom. The van der Waals surface area contributed by atoms with Crippen molar-refractivity contribution < 1.29 is 19.1 Å². The summed E-state index contributed by atoms with van der Waals surface area (Å²) in [4.78, 5) is 40.4. The molecule has 1 atom stereocenters. The SMILES string of the molecule is CC(=O)Oc1ccc(N2C(=O)C[C@H](Nc3ccc4cc[nH]c4c3)C2=O)cc1. The first kappa shape index (κ1) is 16.8. The molecule has 1 aliphatic rings. The molecule has 0 spiro atoms. The van der Waals surface area contributed by atoms with Crippen LogP contribution in [0.25, 0.3) is 10.9 Å². The van der Waals surface area contributed by atoms with Crippen LogP contribution in [0.15, 0.2) is 54.7 Å². The summed E-state index contributed by atoms with van der Waals surface area (Å²) >= 11 is 0. The van der Waals surface area contributed by atoms with Gasteiger partial charge < -0.3 is 15.0 Å². The Balaban J connectivity index is 1.51. The van der Waals surface area contributed by atoms with Gasteiger partial charge in [-0.2, -0.15) is 0 Å². The van der Waals surface area contributed by atoms with Gasteiger partial charge in [0.2, 0.25) is 5.91 Å². The number of esters is 1. The van der Waals surface area contributed by atoms with Gasteiger partial charge in [-0.05, 0) is 47.9 Å². The van der Waals surface area contributed by atoms with Crippen LogP contribution in [-0.2, 0) is 14.4 Å². The summed E-state index contributed by atoms with van der Waals surface area (Å²) < 4.78 is 4.97. The van der Waals surface area contributed by atoms with Crippen molar-refractivity contribution in [2.24, 2.45) is 0 Å². The van der Waals surface area contributed by atoms with E-state index in [-0.39, 0.29) is 18.2 Å². The smallest absolute Gasteiger partial charge is 0.308 e. The van der Waals surface area contributed by atoms with E-state index in [0.717, 1.165) is 21.5 Å². The van der Waals surface area contributed by atoms with Crippen LogP contribution in [0.1, 0.15) is 13.3 Å². The Morgan fingerprint density at radius 1 is 1.15 bits per heavy atom. The quantitative estimate of drug-likeness (QED) is 0.422. The average Bonchev–Trinajstić information content (AvgIpc) is 3.20. The molecule has 2 amide bonds. The van der Waals surface area contributed by atoms with Gasteiger partial charge in [0.25, 0.3) is 5.91 Å². The molecule has 2 N–H and O–H groups in total. The zero-order valence-electron chi connectivity index (χ0n) is 14.6. The number of anilines is 2. The molecule has 136 valence electrons. The number of fused-ring (bicyclic) bond motifs is 1. The van der Waals surface area contributed by atoms with Gasteiger partial charge in [-0.3, -0.25) is 14.4 Å². The lowest BCUT2D eigenvalue weighted by molar-refractivity contribution is -0.132. The third-order valence-corrected chi connectivity index (χ3v) is 4.40. The molecule has 3 aromatic rings. The summed E-state index contributed by atoms with van der Waals surface area (Å²) in [6, 6.07) is 13.3. The van der Waals surface area contributed by atoms with Crippen LogP contribution in [0.2, 0.25) is 0 Å². The van der Waals surface area contributed by atoms with Gasteiger partial charge in [-0.25, -0.2) is 4.90 Å². The highest BCUT2D eigenvalue weighted by molar-refractivity contribution is 6.23. The summed E-state index contributed by atoms with van der Waals surface area (Å²) in [5.41, 5.74) is 2.17. The van der Waals surface area contributed by atoms with E-state index in [1.807, 2.05) is 30.5 Å². The zero-order chi connectivity index (χ0) is 19.0. The predicted octanol–water partition coefficient (Wildman–Crippen LogP) is 2.84. The molecule has 0 unspecified atom stereocenters. The molecule has 7 heteroatoms. The van der Waals surface area contributed by atoms with E-state index in [1.54, 1.807) is 24.3 Å². The van der Waals surface area contributed by atoms with Crippen molar-refractivity contribution in [3.8, 4) is 5.75 Å². The van der Waals surface area contributed by atoms with E-state index >= 15 is 0 Å². The van der Waals surface area contributed by atoms with Crippen LogP contribution >= 0.6 is 0 Å². The molecule has 2 aromatic carbocycles. The number of imide groups is 1. The molecule has 0 saturated carbocycles. The van der Waals surface area contributed by atoms with Gasteiger partial charge in [0, 0.05) is 24.3 Å². The number of rotatable bonds is 4. The van der Waals surface area contributed by atoms with E-state index in [2.05, 4.69) is 10.3 Å². The van der Waals surface area contributed by atoms with Crippen LogP contribution in [0.4, 0.5) is 11.4 Å². The van der Waals surface area contributed by atoms with Crippen molar-refractivity contribution in [1.29, 1.82) is 0 Å². The Morgan fingerprint density at radius 2 is 1.93 bits per heavy atom. The Bertz CT molecular complexity index is 1040. The van der Waals surface area contributed by atoms with Gasteiger partial charge >= 0.3 is 5.97 Å². The lowest BCUT2D eigenvalue weighted by Crippen LogP contribution is -2.34. The molecular weight excluding hydrogens is 346 g/mol. The van der Waals surface area contributed by atoms with E-state index in [4.69, 9.17) is 4.74 Å². The second-order valence-corrected chi connectivity index (χ2v) is 6.34. The van der Waals surface area contributed by atoms with Crippen LogP contribution in [0.3, 0.4) is 0 Å². The Hall–Kier alpha value is -3.61. The fourth-order valence-electron chi connectivity index (χ4n) is 3.18. The first-order chi connectivity index (χ1) is 13.0. The molecule has 0 radical (unpaired) electrons. The molecule has 2 heterocycles. The highest BCUT2D eigenvalue weighted by atomic mass is 16.5. The average molecular weight is 363 g/mol. The number of carbonyl (C=O) groups excluding carboxylic acids is 3. The number of nitrogens with one attached hydrogen (secondary N) is 2. The minimum Gasteiger partial charge on any atom is -0.427 e. The highest BCUT2D eigenvalue weighted by Crippen LogP contribution is 2.27. The lowest BCUT2D eigenvalue weighted by Gasteiger charge is -2.16. The van der Waals surface area contributed by atoms with Crippen molar-refractivity contribution in [3.63, 3.8) is 0 Å². The van der Waals surface area contributed by atoms with Crippen LogP contribution in [-0.4, -0.2) is 28.8 Å². The number of H-pyrrole nitrogens is 1. The fourth-order valence-corrected chi connectivity index (χ4v) is 3.18. The predicted molar refractivity (Wildman–Crippen MR) is 101 cm³/mol. The molecule has 1 fully saturated rings. The number of hydrogen-bond acceptors (Lipinski definition) is 5. The summed E-state index contributed by atoms with van der Waals surface area (Å²) in [7, 11) is 0. The van der Waals surface area contributed by atoms with E-state index in [9.17, 15) is 14.4 Å². The summed E-state index contributed by atoms with van der Waals surface area (Å²) in [5.74, 6) is -0.663. The minimum absolute atomic E-state index is 0.0767. The normalized spacial score (nSPS) is 16.8. The van der Waals surface area contributed by atoms with Crippen molar-refractivity contribution in [1.82, 2.24) is 4.98 Å². The first-order valence-electron chi connectivity index (χ1n) is 8.50. The number of aromatic nitrogens is 1. The molecule has 7 nitrogen and oxygen atoms in total. The van der Waals surface area contributed by atoms with Crippen molar-refractivity contribution in [3.05, 3.63) is 54.7 Å². The first-order valence-corrected chi connectivity index (χ1v) is 8.50. The second kappa shape index (κ2) is 6.60. The maximum Gasteiger partial charge on any atom is 0.308 e. The molecule has 0 bridgehead atoms. The summed E-state index contributed by atoms with van der Waals surface area (Å²) in [6.07, 6.45) is 1.92. The summed E-state index contributed by atoms with van der Waals surface area (Å²) in [5, 5.41) is 4.21. The van der Waals surface area contributed by atoms with Crippen molar-refractivity contribution >= 4 is 40.1 Å². The highest BCUT2D eigenvalue weighted by Gasteiger charge is 2.39. The largest absolute Gasteiger partial charge is 0.427 e. The number of amides is 2.